The molecule has 0 radical (unpaired) electrons. The number of aromatic amines is 1. The maximum Gasteiger partial charge on any atom is 0.268 e. The van der Waals surface area contributed by atoms with Gasteiger partial charge in [0.15, 0.2) is 0 Å². The van der Waals surface area contributed by atoms with Crippen LogP contribution in [0.25, 0.3) is 27.6 Å². The van der Waals surface area contributed by atoms with Crippen LogP contribution in [-0.4, -0.2) is 19.7 Å². The number of nitrogens with one attached hydrogen (secondary N) is 1. The summed E-state index contributed by atoms with van der Waals surface area (Å²) in [6.07, 6.45) is 1.69. The van der Waals surface area contributed by atoms with E-state index in [-0.39, 0.29) is 5.56 Å². The van der Waals surface area contributed by atoms with Crippen molar-refractivity contribution >= 4 is 21.9 Å². The van der Waals surface area contributed by atoms with E-state index in [1.54, 1.807) is 10.8 Å². The van der Waals surface area contributed by atoms with Crippen LogP contribution in [0.4, 0.5) is 0 Å². The van der Waals surface area contributed by atoms with Gasteiger partial charge in [-0.25, -0.2) is 4.98 Å². The SMILES string of the molecule is Cc1[nH]nc2c1c(=O)n(-c1ccccc1)c1ncccc21. The summed E-state index contributed by atoms with van der Waals surface area (Å²) in [5, 5.41) is 8.63. The summed E-state index contributed by atoms with van der Waals surface area (Å²) in [5.41, 5.74) is 2.76. The topological polar surface area (TPSA) is 63.6 Å². The fourth-order valence-electron chi connectivity index (χ4n) is 2.67. The van der Waals surface area contributed by atoms with E-state index in [1.807, 2.05) is 49.4 Å². The van der Waals surface area contributed by atoms with Crippen LogP contribution in [-0.2, 0) is 0 Å². The number of aromatic nitrogens is 4. The molecule has 0 amide bonds. The third-order valence-corrected chi connectivity index (χ3v) is 3.63. The standard InChI is InChI=1S/C16H12N4O/c1-10-13-14(19-18-10)12-8-5-9-17-15(12)20(16(13)21)11-6-3-2-4-7-11/h2-9H,1H3,(H,18,19). The zero-order chi connectivity index (χ0) is 14.4. The molecule has 21 heavy (non-hydrogen) atoms. The number of H-pyrrole nitrogens is 1. The van der Waals surface area contributed by atoms with E-state index in [1.165, 1.54) is 0 Å². The van der Waals surface area contributed by atoms with Crippen LogP contribution in [0.15, 0.2) is 53.5 Å². The lowest BCUT2D eigenvalue weighted by molar-refractivity contribution is 1.03. The van der Waals surface area contributed by atoms with Gasteiger partial charge in [0.05, 0.1) is 11.1 Å². The van der Waals surface area contributed by atoms with Crippen molar-refractivity contribution in [3.8, 4) is 5.69 Å². The van der Waals surface area contributed by atoms with Crippen LogP contribution in [0.2, 0.25) is 0 Å². The lowest BCUT2D eigenvalue weighted by atomic mass is 10.1. The molecule has 0 bridgehead atoms. The zero-order valence-electron chi connectivity index (χ0n) is 11.4. The first-order valence-electron chi connectivity index (χ1n) is 6.67. The van der Waals surface area contributed by atoms with Crippen LogP contribution < -0.4 is 5.56 Å². The first-order valence-corrected chi connectivity index (χ1v) is 6.67. The Kier molecular flexibility index (Phi) is 2.41. The Bertz CT molecular complexity index is 1010. The predicted octanol–water partition coefficient (Wildman–Crippen LogP) is 2.57. The Morgan fingerprint density at radius 2 is 1.90 bits per heavy atom. The molecule has 0 atom stereocenters. The van der Waals surface area contributed by atoms with Gasteiger partial charge in [-0.1, -0.05) is 18.2 Å². The molecule has 4 aromatic rings. The van der Waals surface area contributed by atoms with E-state index in [0.29, 0.717) is 16.6 Å². The third kappa shape index (κ3) is 1.61. The molecular formula is C16H12N4O. The molecule has 3 aromatic heterocycles. The van der Waals surface area contributed by atoms with E-state index in [9.17, 15) is 4.79 Å². The summed E-state index contributed by atoms with van der Waals surface area (Å²) in [6.45, 7) is 1.86. The van der Waals surface area contributed by atoms with Gasteiger partial charge in [0.25, 0.3) is 5.56 Å². The summed E-state index contributed by atoms with van der Waals surface area (Å²) in [6, 6.07) is 13.3. The maximum atomic E-state index is 12.9. The average molecular weight is 276 g/mol. The van der Waals surface area contributed by atoms with Crippen molar-refractivity contribution in [3.05, 3.63) is 64.7 Å². The highest BCUT2D eigenvalue weighted by Gasteiger charge is 2.16. The average Bonchev–Trinajstić information content (AvgIpc) is 2.91. The molecule has 0 fully saturated rings. The summed E-state index contributed by atoms with van der Waals surface area (Å²) >= 11 is 0. The van der Waals surface area contributed by atoms with E-state index >= 15 is 0 Å². The van der Waals surface area contributed by atoms with E-state index in [4.69, 9.17) is 0 Å². The van der Waals surface area contributed by atoms with Crippen molar-refractivity contribution in [1.29, 1.82) is 0 Å². The maximum absolute atomic E-state index is 12.9. The van der Waals surface area contributed by atoms with Crippen molar-refractivity contribution in [3.63, 3.8) is 0 Å². The monoisotopic (exact) mass is 276 g/mol. The first-order chi connectivity index (χ1) is 10.3. The second-order valence-electron chi connectivity index (χ2n) is 4.92. The lowest BCUT2D eigenvalue weighted by Crippen LogP contribution is -2.20. The van der Waals surface area contributed by atoms with Gasteiger partial charge < -0.3 is 0 Å². The summed E-state index contributed by atoms with van der Waals surface area (Å²) in [7, 11) is 0. The summed E-state index contributed by atoms with van der Waals surface area (Å²) in [5.74, 6) is 0. The summed E-state index contributed by atoms with van der Waals surface area (Å²) < 4.78 is 1.64. The highest BCUT2D eigenvalue weighted by Crippen LogP contribution is 2.23. The van der Waals surface area contributed by atoms with Gasteiger partial charge in [0, 0.05) is 17.3 Å². The molecule has 0 aliphatic rings. The number of hydrogen-bond acceptors (Lipinski definition) is 3. The van der Waals surface area contributed by atoms with Gasteiger partial charge in [0.2, 0.25) is 0 Å². The minimum absolute atomic E-state index is 0.103. The van der Waals surface area contributed by atoms with Crippen LogP contribution in [0, 0.1) is 6.92 Å². The number of benzene rings is 1. The van der Waals surface area contributed by atoms with Crippen LogP contribution in [0.1, 0.15) is 5.69 Å². The quantitative estimate of drug-likeness (QED) is 0.581. The first kappa shape index (κ1) is 11.8. The Labute approximate surface area is 119 Å². The van der Waals surface area contributed by atoms with Gasteiger partial charge >= 0.3 is 0 Å². The molecule has 1 N–H and O–H groups in total. The molecule has 0 unspecified atom stereocenters. The van der Waals surface area contributed by atoms with Crippen LogP contribution in [0.3, 0.4) is 0 Å². The number of para-hydroxylation sites is 1. The number of nitrogens with zero attached hydrogens (tertiary/aromatic N) is 3. The van der Waals surface area contributed by atoms with Gasteiger partial charge in [0.1, 0.15) is 11.2 Å². The number of aryl methyl sites for hydroxylation is 1. The number of hydrogen-bond donors (Lipinski definition) is 1. The zero-order valence-corrected chi connectivity index (χ0v) is 11.4. The van der Waals surface area contributed by atoms with Crippen LogP contribution in [0.5, 0.6) is 0 Å². The van der Waals surface area contributed by atoms with Crippen molar-refractivity contribution in [1.82, 2.24) is 19.7 Å². The molecule has 0 aliphatic carbocycles. The van der Waals surface area contributed by atoms with Gasteiger partial charge in [-0.15, -0.1) is 0 Å². The van der Waals surface area contributed by atoms with Crippen molar-refractivity contribution in [2.24, 2.45) is 0 Å². The smallest absolute Gasteiger partial charge is 0.268 e. The second-order valence-corrected chi connectivity index (χ2v) is 4.92. The molecule has 3 heterocycles. The molecule has 0 aliphatic heterocycles. The fraction of sp³-hybridized carbons (Fsp3) is 0.0625. The Balaban J connectivity index is 2.30. The molecule has 5 heteroatoms. The summed E-state index contributed by atoms with van der Waals surface area (Å²) in [4.78, 5) is 17.3. The number of rotatable bonds is 1. The van der Waals surface area contributed by atoms with E-state index in [0.717, 1.165) is 16.8 Å². The molecule has 102 valence electrons. The normalized spacial score (nSPS) is 11.3. The minimum Gasteiger partial charge on any atom is -0.281 e. The van der Waals surface area contributed by atoms with Crippen molar-refractivity contribution in [2.75, 3.05) is 0 Å². The Morgan fingerprint density at radius 3 is 2.71 bits per heavy atom. The molecule has 0 saturated heterocycles. The van der Waals surface area contributed by atoms with Gasteiger partial charge in [-0.05, 0) is 31.2 Å². The Morgan fingerprint density at radius 1 is 1.10 bits per heavy atom. The number of pyridine rings is 2. The Hall–Kier alpha value is -2.95. The largest absolute Gasteiger partial charge is 0.281 e. The van der Waals surface area contributed by atoms with Crippen molar-refractivity contribution < 1.29 is 0 Å². The third-order valence-electron chi connectivity index (χ3n) is 3.63. The van der Waals surface area contributed by atoms with Gasteiger partial charge in [-0.2, -0.15) is 5.10 Å². The highest BCUT2D eigenvalue weighted by molar-refractivity contribution is 6.03. The van der Waals surface area contributed by atoms with Gasteiger partial charge in [-0.3, -0.25) is 14.5 Å². The molecule has 0 saturated carbocycles. The highest BCUT2D eigenvalue weighted by atomic mass is 16.1. The molecule has 4 rings (SSSR count). The lowest BCUT2D eigenvalue weighted by Gasteiger charge is -2.09. The second kappa shape index (κ2) is 4.28. The fourth-order valence-corrected chi connectivity index (χ4v) is 2.67. The van der Waals surface area contributed by atoms with Crippen LogP contribution >= 0.6 is 0 Å². The molecule has 0 spiro atoms. The predicted molar refractivity (Wildman–Crippen MR) is 81.7 cm³/mol. The molecule has 5 nitrogen and oxygen atoms in total. The number of fused-ring (bicyclic) bond motifs is 3. The van der Waals surface area contributed by atoms with E-state index < -0.39 is 0 Å². The minimum atomic E-state index is -0.103. The molecule has 1 aromatic carbocycles. The van der Waals surface area contributed by atoms with Crippen molar-refractivity contribution in [2.45, 2.75) is 6.92 Å². The molecular weight excluding hydrogens is 264 g/mol. The van der Waals surface area contributed by atoms with E-state index in [2.05, 4.69) is 15.2 Å².